The molecule has 0 N–H and O–H groups in total. The molecule has 2 radical (unpaired) electrons. The van der Waals surface area contributed by atoms with Crippen LogP contribution in [0.15, 0.2) is 0 Å². The molecule has 0 aliphatic heterocycles. The minimum absolute atomic E-state index is 0. The van der Waals surface area contributed by atoms with Gasteiger partial charge in [0.05, 0.1) is 0 Å². The molecular weight excluding hydrogens is 158 g/mol. The van der Waals surface area contributed by atoms with Gasteiger partial charge in [0.15, 0.2) is 0 Å². The van der Waals surface area contributed by atoms with Crippen molar-refractivity contribution in [3.63, 3.8) is 0 Å². The van der Waals surface area contributed by atoms with Crippen molar-refractivity contribution in [1.82, 2.24) is 0 Å². The van der Waals surface area contributed by atoms with Crippen LogP contribution in [0, 0.1) is 0 Å². The smallest absolute Gasteiger partial charge is 0 e. The predicted molar refractivity (Wildman–Crippen MR) is 17.1 cm³/mol. The minimum atomic E-state index is 0. The van der Waals surface area contributed by atoms with Gasteiger partial charge in [-0.1, -0.05) is 0 Å². The molecule has 22 valence electrons. The van der Waals surface area contributed by atoms with Crippen molar-refractivity contribution in [3.8, 4) is 0 Å². The van der Waals surface area contributed by atoms with Gasteiger partial charge in [0.2, 0.25) is 0 Å². The Kier molecular flexibility index (Phi) is 136. The summed E-state index contributed by atoms with van der Waals surface area (Å²) in [5, 5.41) is 0. The number of rotatable bonds is 0. The van der Waals surface area contributed by atoms with Crippen LogP contribution < -0.4 is 0 Å². The molecular formula is H4Mg2Mn2. The molecule has 0 aliphatic carbocycles. The van der Waals surface area contributed by atoms with E-state index >= 15 is 0 Å². The number of hydrogen-bond donors (Lipinski definition) is 0. The third kappa shape index (κ3) is 8.82. The van der Waals surface area contributed by atoms with Gasteiger partial charge in [-0.25, -0.2) is 0 Å². The van der Waals surface area contributed by atoms with Gasteiger partial charge in [-0.05, 0) is 0 Å². The molecule has 0 bridgehead atoms. The van der Waals surface area contributed by atoms with Crippen LogP contribution in [-0.4, -0.2) is 46.1 Å². The molecule has 0 aromatic rings. The van der Waals surface area contributed by atoms with E-state index in [1.165, 1.54) is 0 Å². The fourth-order valence-electron chi connectivity index (χ4n) is 0. The quantitative estimate of drug-likeness (QED) is 0.368. The topological polar surface area (TPSA) is 0 Å². The molecule has 0 heterocycles. The van der Waals surface area contributed by atoms with Crippen molar-refractivity contribution in [2.24, 2.45) is 0 Å². The molecule has 0 unspecified atom stereocenters. The number of hydrogen-bond acceptors (Lipinski definition) is 0. The van der Waals surface area contributed by atoms with E-state index < -0.39 is 0 Å². The molecule has 0 aliphatic rings. The molecule has 0 saturated carbocycles. The fraction of sp³-hybridized carbons (Fsp3) is 0. The molecule has 4 heteroatoms. The molecule has 0 amide bonds. The van der Waals surface area contributed by atoms with Crippen LogP contribution in [0.4, 0.5) is 0 Å². The monoisotopic (exact) mass is 162 g/mol. The van der Waals surface area contributed by atoms with Gasteiger partial charge in [0.25, 0.3) is 0 Å². The first-order chi connectivity index (χ1) is 0. The Morgan fingerprint density at radius 2 is 0.500 bits per heavy atom. The van der Waals surface area contributed by atoms with Crippen molar-refractivity contribution in [1.29, 1.82) is 0 Å². The Morgan fingerprint density at radius 3 is 0.500 bits per heavy atom. The first-order valence-corrected chi connectivity index (χ1v) is 0. The first-order valence-electron chi connectivity index (χ1n) is 0. The van der Waals surface area contributed by atoms with Crippen LogP contribution in [-0.2, 0) is 34.1 Å². The average molecular weight is 163 g/mol. The molecule has 0 atom stereocenters. The second-order valence-corrected chi connectivity index (χ2v) is 0. The van der Waals surface area contributed by atoms with Gasteiger partial charge in [-0.3, -0.25) is 0 Å². The first kappa shape index (κ1) is 30.8. The summed E-state index contributed by atoms with van der Waals surface area (Å²) in [6.45, 7) is 0. The second-order valence-electron chi connectivity index (χ2n) is 0. The van der Waals surface area contributed by atoms with E-state index in [0.717, 1.165) is 0 Å². The van der Waals surface area contributed by atoms with Crippen LogP contribution in [0.5, 0.6) is 0 Å². The van der Waals surface area contributed by atoms with E-state index in [4.69, 9.17) is 0 Å². The molecule has 0 aromatic carbocycles. The third-order valence-electron chi connectivity index (χ3n) is 0. The van der Waals surface area contributed by atoms with Crippen molar-refractivity contribution < 1.29 is 34.1 Å². The minimum Gasteiger partial charge on any atom is 0 e. The SMILES string of the molecule is [MgH2].[MgH2].[Mn].[Mn]. The summed E-state index contributed by atoms with van der Waals surface area (Å²) < 4.78 is 0. The molecule has 0 rings (SSSR count). The predicted octanol–water partition coefficient (Wildman–Crippen LogP) is -1.84. The van der Waals surface area contributed by atoms with Crippen LogP contribution in [0.1, 0.15) is 0 Å². The van der Waals surface area contributed by atoms with Gasteiger partial charge in [-0.2, -0.15) is 0 Å². The van der Waals surface area contributed by atoms with Crippen molar-refractivity contribution in [3.05, 3.63) is 0 Å². The van der Waals surface area contributed by atoms with E-state index in [1.54, 1.807) is 0 Å². The fourth-order valence-corrected chi connectivity index (χ4v) is 0. The molecule has 4 heavy (non-hydrogen) atoms. The normalized spacial score (nSPS) is 0. The van der Waals surface area contributed by atoms with E-state index in [2.05, 4.69) is 0 Å². The molecule has 0 spiro atoms. The van der Waals surface area contributed by atoms with Crippen molar-refractivity contribution in [2.45, 2.75) is 0 Å². The van der Waals surface area contributed by atoms with Gasteiger partial charge < -0.3 is 0 Å². The Balaban J connectivity index is 0. The maximum absolute atomic E-state index is 0. The Morgan fingerprint density at radius 1 is 0.500 bits per heavy atom. The average Bonchev–Trinajstić information content (AvgIpc) is 0. The summed E-state index contributed by atoms with van der Waals surface area (Å²) in [5.74, 6) is 0. The third-order valence-corrected chi connectivity index (χ3v) is 0. The van der Waals surface area contributed by atoms with Crippen LogP contribution in [0.3, 0.4) is 0 Å². The largest absolute Gasteiger partial charge is 0.316 e. The summed E-state index contributed by atoms with van der Waals surface area (Å²) >= 11 is 0. The summed E-state index contributed by atoms with van der Waals surface area (Å²) in [4.78, 5) is 0. The summed E-state index contributed by atoms with van der Waals surface area (Å²) in [5.41, 5.74) is 0. The summed E-state index contributed by atoms with van der Waals surface area (Å²) in [7, 11) is 0. The van der Waals surface area contributed by atoms with Crippen LogP contribution in [0.2, 0.25) is 0 Å². The molecule has 0 nitrogen and oxygen atoms in total. The van der Waals surface area contributed by atoms with E-state index in [0.29, 0.717) is 0 Å². The maximum Gasteiger partial charge on any atom is 0.316 e. The van der Waals surface area contributed by atoms with Gasteiger partial charge in [0, 0.05) is 34.1 Å². The zero-order chi connectivity index (χ0) is 0. The summed E-state index contributed by atoms with van der Waals surface area (Å²) in [6.07, 6.45) is 0. The Labute approximate surface area is 79.1 Å². The maximum atomic E-state index is 0. The molecule has 0 saturated heterocycles. The summed E-state index contributed by atoms with van der Waals surface area (Å²) in [6, 6.07) is 0. The van der Waals surface area contributed by atoms with Crippen LogP contribution >= 0.6 is 0 Å². The zero-order valence-electron chi connectivity index (χ0n) is 0.756. The van der Waals surface area contributed by atoms with Crippen LogP contribution in [0.25, 0.3) is 0 Å². The van der Waals surface area contributed by atoms with E-state index in [1.807, 2.05) is 0 Å². The molecule has 0 fully saturated rings. The second kappa shape index (κ2) is 17.6. The van der Waals surface area contributed by atoms with Crippen molar-refractivity contribution >= 4 is 46.1 Å². The standard InChI is InChI=1S/2Mg.2Mn.4H. The van der Waals surface area contributed by atoms with Crippen molar-refractivity contribution in [2.75, 3.05) is 0 Å². The van der Waals surface area contributed by atoms with Gasteiger partial charge in [-0.15, -0.1) is 0 Å². The Bertz CT molecular complexity index is 4.00. The van der Waals surface area contributed by atoms with Gasteiger partial charge in [0.1, 0.15) is 0 Å². The molecule has 0 aromatic heterocycles. The van der Waals surface area contributed by atoms with E-state index in [-0.39, 0.29) is 80.2 Å². The Hall–Kier alpha value is 2.57. The van der Waals surface area contributed by atoms with Gasteiger partial charge >= 0.3 is 46.1 Å². The zero-order valence-corrected chi connectivity index (χ0v) is 3.12. The van der Waals surface area contributed by atoms with E-state index in [9.17, 15) is 0 Å².